The van der Waals surface area contributed by atoms with Crippen molar-refractivity contribution in [3.63, 3.8) is 0 Å². The molecule has 4 nitrogen and oxygen atoms in total. The highest BCUT2D eigenvalue weighted by molar-refractivity contribution is 9.10. The molecule has 108 valence electrons. The number of anilines is 2. The van der Waals surface area contributed by atoms with Gasteiger partial charge >= 0.3 is 0 Å². The Labute approximate surface area is 127 Å². The zero-order chi connectivity index (χ0) is 14.4. The number of rotatable bonds is 7. The van der Waals surface area contributed by atoms with Crippen LogP contribution < -0.4 is 10.2 Å². The van der Waals surface area contributed by atoms with Crippen LogP contribution in [0.4, 0.5) is 11.4 Å². The van der Waals surface area contributed by atoms with Gasteiger partial charge in [-0.3, -0.25) is 0 Å². The first-order valence-corrected chi connectivity index (χ1v) is 7.45. The van der Waals surface area contributed by atoms with E-state index in [9.17, 15) is 0 Å². The van der Waals surface area contributed by atoms with E-state index in [1.807, 2.05) is 18.2 Å². The Morgan fingerprint density at radius 2 is 2.00 bits per heavy atom. The van der Waals surface area contributed by atoms with Crippen LogP contribution in [0.1, 0.15) is 12.7 Å². The van der Waals surface area contributed by atoms with E-state index in [4.69, 9.17) is 9.52 Å². The summed E-state index contributed by atoms with van der Waals surface area (Å²) in [6, 6.07) is 10.1. The van der Waals surface area contributed by atoms with Crippen molar-refractivity contribution in [2.45, 2.75) is 13.5 Å². The second-order valence-electron chi connectivity index (χ2n) is 4.40. The summed E-state index contributed by atoms with van der Waals surface area (Å²) in [6.07, 6.45) is 1.66. The van der Waals surface area contributed by atoms with Gasteiger partial charge in [-0.15, -0.1) is 0 Å². The number of aliphatic hydroxyl groups excluding tert-OH is 1. The molecule has 1 aromatic heterocycles. The number of likely N-dealkylation sites (N-methyl/N-ethyl adjacent to an activating group) is 1. The fourth-order valence-electron chi connectivity index (χ4n) is 2.01. The fraction of sp³-hybridized carbons (Fsp3) is 0.333. The van der Waals surface area contributed by atoms with E-state index in [0.29, 0.717) is 13.1 Å². The molecule has 0 spiro atoms. The van der Waals surface area contributed by atoms with Crippen LogP contribution in [0.2, 0.25) is 0 Å². The van der Waals surface area contributed by atoms with Crippen LogP contribution in [0.15, 0.2) is 45.5 Å². The number of aliphatic hydroxyl groups is 1. The van der Waals surface area contributed by atoms with E-state index < -0.39 is 0 Å². The van der Waals surface area contributed by atoms with Crippen molar-refractivity contribution in [1.29, 1.82) is 0 Å². The Morgan fingerprint density at radius 3 is 2.55 bits per heavy atom. The molecule has 0 aliphatic rings. The van der Waals surface area contributed by atoms with Gasteiger partial charge in [0.15, 0.2) is 0 Å². The summed E-state index contributed by atoms with van der Waals surface area (Å²) in [4.78, 5) is 2.13. The third kappa shape index (κ3) is 3.77. The molecule has 0 aliphatic carbocycles. The van der Waals surface area contributed by atoms with Gasteiger partial charge in [-0.2, -0.15) is 0 Å². The molecule has 0 bridgehead atoms. The van der Waals surface area contributed by atoms with Gasteiger partial charge in [0.2, 0.25) is 0 Å². The average Bonchev–Trinajstić information content (AvgIpc) is 2.89. The van der Waals surface area contributed by atoms with Crippen molar-refractivity contribution in [3.05, 3.63) is 46.8 Å². The van der Waals surface area contributed by atoms with Crippen LogP contribution >= 0.6 is 15.9 Å². The molecule has 0 unspecified atom stereocenters. The lowest BCUT2D eigenvalue weighted by Gasteiger charge is -2.22. The zero-order valence-corrected chi connectivity index (χ0v) is 13.1. The van der Waals surface area contributed by atoms with Gasteiger partial charge in [-0.1, -0.05) is 0 Å². The van der Waals surface area contributed by atoms with Crippen molar-refractivity contribution < 1.29 is 9.52 Å². The van der Waals surface area contributed by atoms with Crippen LogP contribution in [-0.4, -0.2) is 24.8 Å². The lowest BCUT2D eigenvalue weighted by atomic mass is 10.2. The van der Waals surface area contributed by atoms with Gasteiger partial charge in [0.05, 0.1) is 23.9 Å². The SMILES string of the molecule is CCN(CCO)c1ccc(NCc2occc2Br)cc1. The maximum atomic E-state index is 9.03. The molecular weight excluding hydrogens is 320 g/mol. The number of halogens is 1. The summed E-state index contributed by atoms with van der Waals surface area (Å²) < 4.78 is 6.33. The van der Waals surface area contributed by atoms with Crippen LogP contribution in [0.25, 0.3) is 0 Å². The molecule has 0 radical (unpaired) electrons. The quantitative estimate of drug-likeness (QED) is 0.811. The molecule has 0 aliphatic heterocycles. The molecule has 0 atom stereocenters. The normalized spacial score (nSPS) is 10.6. The molecular formula is C15H19BrN2O2. The summed E-state index contributed by atoms with van der Waals surface area (Å²) in [5, 5.41) is 12.3. The smallest absolute Gasteiger partial charge is 0.136 e. The molecule has 0 amide bonds. The van der Waals surface area contributed by atoms with E-state index >= 15 is 0 Å². The molecule has 1 aromatic carbocycles. The lowest BCUT2D eigenvalue weighted by molar-refractivity contribution is 0.302. The fourth-order valence-corrected chi connectivity index (χ4v) is 2.36. The summed E-state index contributed by atoms with van der Waals surface area (Å²) in [6.45, 7) is 4.42. The van der Waals surface area contributed by atoms with Gasteiger partial charge < -0.3 is 19.7 Å². The van der Waals surface area contributed by atoms with E-state index in [2.05, 4.69) is 45.2 Å². The molecule has 1 heterocycles. The van der Waals surface area contributed by atoms with Crippen molar-refractivity contribution in [1.82, 2.24) is 0 Å². The van der Waals surface area contributed by atoms with E-state index in [-0.39, 0.29) is 6.61 Å². The number of benzene rings is 1. The van der Waals surface area contributed by atoms with Gasteiger partial charge in [0.1, 0.15) is 5.76 Å². The minimum absolute atomic E-state index is 0.167. The summed E-state index contributed by atoms with van der Waals surface area (Å²) in [7, 11) is 0. The van der Waals surface area contributed by atoms with Gasteiger partial charge in [-0.05, 0) is 53.2 Å². The second kappa shape index (κ2) is 7.36. The van der Waals surface area contributed by atoms with Crippen LogP contribution in [-0.2, 0) is 6.54 Å². The first-order valence-electron chi connectivity index (χ1n) is 6.66. The number of hydrogen-bond acceptors (Lipinski definition) is 4. The highest BCUT2D eigenvalue weighted by Crippen LogP contribution is 2.21. The third-order valence-electron chi connectivity index (χ3n) is 3.13. The number of nitrogens with one attached hydrogen (secondary N) is 1. The molecule has 2 aromatic rings. The van der Waals surface area contributed by atoms with Crippen LogP contribution in [0.3, 0.4) is 0 Å². The highest BCUT2D eigenvalue weighted by Gasteiger charge is 2.05. The van der Waals surface area contributed by atoms with E-state index in [1.165, 1.54) is 0 Å². The molecule has 2 rings (SSSR count). The minimum Gasteiger partial charge on any atom is -0.466 e. The highest BCUT2D eigenvalue weighted by atomic mass is 79.9. The maximum Gasteiger partial charge on any atom is 0.136 e. The summed E-state index contributed by atoms with van der Waals surface area (Å²) in [5.74, 6) is 0.879. The topological polar surface area (TPSA) is 48.6 Å². The van der Waals surface area contributed by atoms with Crippen molar-refractivity contribution in [2.24, 2.45) is 0 Å². The Bertz CT molecular complexity index is 525. The number of hydrogen-bond donors (Lipinski definition) is 2. The number of nitrogens with zero attached hydrogens (tertiary/aromatic N) is 1. The largest absolute Gasteiger partial charge is 0.466 e. The predicted octanol–water partition coefficient (Wildman–Crippen LogP) is 3.47. The number of furan rings is 1. The summed E-state index contributed by atoms with van der Waals surface area (Å²) in [5.41, 5.74) is 2.16. The first kappa shape index (κ1) is 14.9. The Kier molecular flexibility index (Phi) is 5.49. The lowest BCUT2D eigenvalue weighted by Crippen LogP contribution is -2.25. The van der Waals surface area contributed by atoms with Gasteiger partial charge in [0.25, 0.3) is 0 Å². The molecule has 0 saturated heterocycles. The molecule has 0 fully saturated rings. The van der Waals surface area contributed by atoms with Gasteiger partial charge in [-0.25, -0.2) is 0 Å². The molecule has 0 saturated carbocycles. The maximum absolute atomic E-state index is 9.03. The Hall–Kier alpha value is -1.46. The predicted molar refractivity (Wildman–Crippen MR) is 85.1 cm³/mol. The van der Waals surface area contributed by atoms with Crippen LogP contribution in [0, 0.1) is 0 Å². The zero-order valence-electron chi connectivity index (χ0n) is 11.5. The van der Waals surface area contributed by atoms with Gasteiger partial charge in [0, 0.05) is 24.5 Å². The molecule has 20 heavy (non-hydrogen) atoms. The second-order valence-corrected chi connectivity index (χ2v) is 5.25. The Morgan fingerprint density at radius 1 is 1.25 bits per heavy atom. The van der Waals surface area contributed by atoms with E-state index in [1.54, 1.807) is 6.26 Å². The van der Waals surface area contributed by atoms with Crippen molar-refractivity contribution in [2.75, 3.05) is 29.9 Å². The molecule has 5 heteroatoms. The third-order valence-corrected chi connectivity index (χ3v) is 3.83. The first-order chi connectivity index (χ1) is 9.74. The van der Waals surface area contributed by atoms with Crippen molar-refractivity contribution in [3.8, 4) is 0 Å². The van der Waals surface area contributed by atoms with Crippen LogP contribution in [0.5, 0.6) is 0 Å². The van der Waals surface area contributed by atoms with Crippen molar-refractivity contribution >= 4 is 27.3 Å². The Balaban J connectivity index is 1.96. The van der Waals surface area contributed by atoms with E-state index in [0.717, 1.165) is 28.2 Å². The monoisotopic (exact) mass is 338 g/mol. The average molecular weight is 339 g/mol. The minimum atomic E-state index is 0.167. The summed E-state index contributed by atoms with van der Waals surface area (Å²) >= 11 is 3.43. The standard InChI is InChI=1S/C15H19BrN2O2/c1-2-18(8-9-19)13-5-3-12(4-6-13)17-11-15-14(16)7-10-20-15/h3-7,10,17,19H,2,8-9,11H2,1H3. The molecule has 2 N–H and O–H groups in total.